The van der Waals surface area contributed by atoms with Crippen molar-refractivity contribution in [3.63, 3.8) is 0 Å². The third-order valence-electron chi connectivity index (χ3n) is 1.88. The highest BCUT2D eigenvalue weighted by Crippen LogP contribution is 2.14. The second-order valence-electron chi connectivity index (χ2n) is 3.61. The molecule has 0 saturated carbocycles. The van der Waals surface area contributed by atoms with Crippen molar-refractivity contribution in [1.82, 2.24) is 0 Å². The second kappa shape index (κ2) is 5.77. The van der Waals surface area contributed by atoms with E-state index in [1.54, 1.807) is 14.0 Å². The molecule has 0 aliphatic heterocycles. The topological polar surface area (TPSA) is 26.3 Å². The summed E-state index contributed by atoms with van der Waals surface area (Å²) >= 11 is 0. The van der Waals surface area contributed by atoms with Crippen molar-refractivity contribution in [2.75, 3.05) is 7.11 Å². The van der Waals surface area contributed by atoms with Gasteiger partial charge in [-0.1, -0.05) is 0 Å². The maximum Gasteiger partial charge on any atom is 0.136 e. The molecule has 0 heterocycles. The summed E-state index contributed by atoms with van der Waals surface area (Å²) < 4.78 is 5.16. The number of methoxy groups -OCH3 is 1. The van der Waals surface area contributed by atoms with Crippen LogP contribution in [0.2, 0.25) is 0 Å². The number of hydrogen-bond acceptors (Lipinski definition) is 2. The zero-order valence-corrected chi connectivity index (χ0v) is 8.94. The third kappa shape index (κ3) is 6.36. The minimum absolute atomic E-state index is 0.217. The van der Waals surface area contributed by atoms with Gasteiger partial charge in [-0.25, -0.2) is 0 Å². The summed E-state index contributed by atoms with van der Waals surface area (Å²) in [6.45, 7) is 5.61. The van der Waals surface area contributed by atoms with Crippen LogP contribution in [0.5, 0.6) is 0 Å². The third-order valence-corrected chi connectivity index (χ3v) is 1.88. The van der Waals surface area contributed by atoms with Gasteiger partial charge in [-0.3, -0.25) is 4.79 Å². The van der Waals surface area contributed by atoms with E-state index in [0.717, 1.165) is 0 Å². The Morgan fingerprint density at radius 2 is 2.08 bits per heavy atom. The molecule has 0 atom stereocenters. The Kier molecular flexibility index (Phi) is 5.41. The van der Waals surface area contributed by atoms with Crippen LogP contribution in [0, 0.1) is 11.8 Å². The normalized spacial score (nSPS) is 10.5. The molecule has 0 amide bonds. The summed E-state index contributed by atoms with van der Waals surface area (Å²) in [5.74, 6) is 5.85. The van der Waals surface area contributed by atoms with Crippen molar-refractivity contribution in [2.24, 2.45) is 0 Å². The van der Waals surface area contributed by atoms with Crippen LogP contribution in [0.3, 0.4) is 0 Å². The average molecular weight is 182 g/mol. The van der Waals surface area contributed by atoms with E-state index in [2.05, 4.69) is 11.8 Å². The molecular weight excluding hydrogens is 164 g/mol. The second-order valence-corrected chi connectivity index (χ2v) is 3.61. The van der Waals surface area contributed by atoms with Crippen LogP contribution in [0.25, 0.3) is 0 Å². The average Bonchev–Trinajstić information content (AvgIpc) is 2.04. The first kappa shape index (κ1) is 12.2. The zero-order valence-electron chi connectivity index (χ0n) is 8.94. The van der Waals surface area contributed by atoms with Crippen LogP contribution in [-0.4, -0.2) is 18.5 Å². The van der Waals surface area contributed by atoms with Gasteiger partial charge in [0.25, 0.3) is 0 Å². The standard InChI is InChI=1S/C11H18O2/c1-5-6-7-8-10(12)9-11(2,3)13-4/h7-9H2,1-4H3. The Bertz CT molecular complexity index is 218. The highest BCUT2D eigenvalue weighted by molar-refractivity contribution is 5.79. The van der Waals surface area contributed by atoms with E-state index in [-0.39, 0.29) is 11.4 Å². The first-order valence-corrected chi connectivity index (χ1v) is 4.48. The molecule has 0 bridgehead atoms. The molecule has 13 heavy (non-hydrogen) atoms. The first-order valence-electron chi connectivity index (χ1n) is 4.48. The lowest BCUT2D eigenvalue weighted by molar-refractivity contribution is -0.123. The SMILES string of the molecule is CC#CCCC(=O)CC(C)(C)OC. The number of rotatable bonds is 5. The number of ketones is 1. The number of carbonyl (C=O) groups is 1. The summed E-state index contributed by atoms with van der Waals surface area (Å²) in [6, 6.07) is 0. The van der Waals surface area contributed by atoms with Crippen molar-refractivity contribution in [2.45, 2.75) is 45.6 Å². The monoisotopic (exact) mass is 182 g/mol. The molecule has 0 fully saturated rings. The number of ether oxygens (including phenoxy) is 1. The Hall–Kier alpha value is -0.810. The number of Topliss-reactive ketones (excluding diaryl/α,β-unsaturated/α-hetero) is 1. The molecule has 0 N–H and O–H groups in total. The van der Waals surface area contributed by atoms with Crippen molar-refractivity contribution >= 4 is 5.78 Å². The summed E-state index contributed by atoms with van der Waals surface area (Å²) in [6.07, 6.45) is 1.66. The minimum Gasteiger partial charge on any atom is -0.378 e. The fourth-order valence-corrected chi connectivity index (χ4v) is 0.962. The van der Waals surface area contributed by atoms with Gasteiger partial charge in [0.1, 0.15) is 5.78 Å². The van der Waals surface area contributed by atoms with Crippen LogP contribution in [0.1, 0.15) is 40.0 Å². The van der Waals surface area contributed by atoms with Gasteiger partial charge in [-0.15, -0.1) is 11.8 Å². The Morgan fingerprint density at radius 1 is 1.46 bits per heavy atom. The van der Waals surface area contributed by atoms with E-state index >= 15 is 0 Å². The summed E-state index contributed by atoms with van der Waals surface area (Å²) in [5.41, 5.74) is -0.337. The quantitative estimate of drug-likeness (QED) is 0.609. The number of hydrogen-bond donors (Lipinski definition) is 0. The molecule has 0 aliphatic carbocycles. The van der Waals surface area contributed by atoms with Gasteiger partial charge in [0.2, 0.25) is 0 Å². The maximum atomic E-state index is 11.3. The van der Waals surface area contributed by atoms with Crippen molar-refractivity contribution in [3.05, 3.63) is 0 Å². The van der Waals surface area contributed by atoms with Crippen molar-refractivity contribution in [1.29, 1.82) is 0 Å². The predicted molar refractivity (Wildman–Crippen MR) is 53.4 cm³/mol. The van der Waals surface area contributed by atoms with Crippen LogP contribution in [0.4, 0.5) is 0 Å². The Morgan fingerprint density at radius 3 is 2.54 bits per heavy atom. The molecular formula is C11H18O2. The highest BCUT2D eigenvalue weighted by Gasteiger charge is 2.20. The van der Waals surface area contributed by atoms with Gasteiger partial charge in [0.15, 0.2) is 0 Å². The molecule has 0 radical (unpaired) electrons. The van der Waals surface area contributed by atoms with Gasteiger partial charge < -0.3 is 4.74 Å². The Balaban J connectivity index is 3.78. The van der Waals surface area contributed by atoms with E-state index in [1.165, 1.54) is 0 Å². The molecule has 0 saturated heterocycles. The first-order chi connectivity index (χ1) is 6.02. The van der Waals surface area contributed by atoms with Gasteiger partial charge in [-0.05, 0) is 20.8 Å². The predicted octanol–water partition coefficient (Wildman–Crippen LogP) is 2.17. The van der Waals surface area contributed by atoms with Crippen LogP contribution < -0.4 is 0 Å². The van der Waals surface area contributed by atoms with Gasteiger partial charge in [0, 0.05) is 26.4 Å². The molecule has 2 heteroatoms. The smallest absolute Gasteiger partial charge is 0.136 e. The van der Waals surface area contributed by atoms with Gasteiger partial charge >= 0.3 is 0 Å². The summed E-state index contributed by atoms with van der Waals surface area (Å²) in [4.78, 5) is 11.3. The number of carbonyl (C=O) groups excluding carboxylic acids is 1. The zero-order chi connectivity index (χ0) is 10.3. The van der Waals surface area contributed by atoms with Crippen molar-refractivity contribution in [3.8, 4) is 11.8 Å². The summed E-state index contributed by atoms with van der Waals surface area (Å²) in [5, 5.41) is 0. The molecule has 0 aromatic heterocycles. The fourth-order valence-electron chi connectivity index (χ4n) is 0.962. The lowest BCUT2D eigenvalue weighted by Gasteiger charge is -2.21. The molecule has 0 aliphatic rings. The molecule has 2 nitrogen and oxygen atoms in total. The maximum absolute atomic E-state index is 11.3. The van der Waals surface area contributed by atoms with Crippen molar-refractivity contribution < 1.29 is 9.53 Å². The fraction of sp³-hybridized carbons (Fsp3) is 0.727. The van der Waals surface area contributed by atoms with E-state index in [1.807, 2.05) is 13.8 Å². The van der Waals surface area contributed by atoms with E-state index in [4.69, 9.17) is 4.74 Å². The van der Waals surface area contributed by atoms with E-state index in [9.17, 15) is 4.79 Å². The minimum atomic E-state index is -0.337. The lowest BCUT2D eigenvalue weighted by atomic mass is 9.99. The van der Waals surface area contributed by atoms with Crippen LogP contribution in [0.15, 0.2) is 0 Å². The van der Waals surface area contributed by atoms with E-state index in [0.29, 0.717) is 19.3 Å². The molecule has 0 aromatic carbocycles. The molecule has 0 aromatic rings. The molecule has 74 valence electrons. The van der Waals surface area contributed by atoms with Gasteiger partial charge in [-0.2, -0.15) is 0 Å². The molecule has 0 unspecified atom stereocenters. The Labute approximate surface area is 80.7 Å². The van der Waals surface area contributed by atoms with Gasteiger partial charge in [0.05, 0.1) is 5.60 Å². The lowest BCUT2D eigenvalue weighted by Crippen LogP contribution is -2.26. The summed E-state index contributed by atoms with van der Waals surface area (Å²) in [7, 11) is 1.62. The highest BCUT2D eigenvalue weighted by atomic mass is 16.5. The van der Waals surface area contributed by atoms with Crippen LogP contribution >= 0.6 is 0 Å². The van der Waals surface area contributed by atoms with Crippen LogP contribution in [-0.2, 0) is 9.53 Å². The molecule has 0 rings (SSSR count). The molecule has 0 spiro atoms. The largest absolute Gasteiger partial charge is 0.378 e. The van der Waals surface area contributed by atoms with E-state index < -0.39 is 0 Å².